The summed E-state index contributed by atoms with van der Waals surface area (Å²) in [6.45, 7) is 4.86. The molecule has 1 spiro atoms. The number of urea groups is 1. The molecule has 29 heavy (non-hydrogen) atoms. The highest BCUT2D eigenvalue weighted by atomic mass is 16.5. The molecule has 7 heteroatoms. The molecule has 1 saturated carbocycles. The summed E-state index contributed by atoms with van der Waals surface area (Å²) in [7, 11) is 1.68. The van der Waals surface area contributed by atoms with Gasteiger partial charge in [-0.15, -0.1) is 0 Å². The van der Waals surface area contributed by atoms with E-state index in [4.69, 9.17) is 4.74 Å². The highest BCUT2D eigenvalue weighted by molar-refractivity contribution is 6.09. The Morgan fingerprint density at radius 1 is 1.21 bits per heavy atom. The largest absolute Gasteiger partial charge is 0.494 e. The van der Waals surface area contributed by atoms with Gasteiger partial charge in [0.15, 0.2) is 0 Å². The number of benzene rings is 1. The van der Waals surface area contributed by atoms with E-state index in [9.17, 15) is 14.4 Å². The topological polar surface area (TPSA) is 79.0 Å². The summed E-state index contributed by atoms with van der Waals surface area (Å²) >= 11 is 0. The minimum Gasteiger partial charge on any atom is -0.494 e. The Morgan fingerprint density at radius 2 is 1.86 bits per heavy atom. The molecule has 1 N–H and O–H groups in total. The van der Waals surface area contributed by atoms with Gasteiger partial charge in [-0.25, -0.2) is 4.79 Å². The summed E-state index contributed by atoms with van der Waals surface area (Å²) in [5, 5.41) is 2.88. The van der Waals surface area contributed by atoms with Crippen LogP contribution in [-0.2, 0) is 16.1 Å². The molecule has 1 aromatic rings. The van der Waals surface area contributed by atoms with E-state index in [2.05, 4.69) is 12.2 Å². The molecule has 0 aromatic heterocycles. The molecule has 1 saturated heterocycles. The zero-order chi connectivity index (χ0) is 21.0. The highest BCUT2D eigenvalue weighted by Crippen LogP contribution is 2.37. The van der Waals surface area contributed by atoms with Gasteiger partial charge in [0.2, 0.25) is 5.91 Å². The molecule has 0 atom stereocenters. The van der Waals surface area contributed by atoms with Crippen LogP contribution in [0, 0.1) is 5.92 Å². The quantitative estimate of drug-likeness (QED) is 0.713. The number of carbonyl (C=O) groups excluding carboxylic acids is 3. The summed E-state index contributed by atoms with van der Waals surface area (Å²) in [5.74, 6) is 0.885. The fraction of sp³-hybridized carbons (Fsp3) is 0.591. The van der Waals surface area contributed by atoms with Crippen molar-refractivity contribution in [3.05, 3.63) is 29.8 Å². The van der Waals surface area contributed by atoms with Crippen molar-refractivity contribution in [2.45, 2.75) is 58.0 Å². The van der Waals surface area contributed by atoms with E-state index in [1.165, 1.54) is 4.90 Å². The van der Waals surface area contributed by atoms with Gasteiger partial charge in [0.25, 0.3) is 5.91 Å². The number of amides is 4. The van der Waals surface area contributed by atoms with Gasteiger partial charge < -0.3 is 15.0 Å². The molecular formula is C22H31N3O4. The van der Waals surface area contributed by atoms with E-state index in [0.717, 1.165) is 35.5 Å². The lowest BCUT2D eigenvalue weighted by Crippen LogP contribution is -2.50. The minimum absolute atomic E-state index is 0.225. The van der Waals surface area contributed by atoms with Crippen LogP contribution in [-0.4, -0.2) is 53.4 Å². The number of rotatable bonds is 7. The SMILES string of the molecule is CCOc1ccc(CN(C)C(=O)CN2C(=O)NC3(CCC(CC)CC3)C2=O)cc1. The normalized spacial score (nSPS) is 24.0. The predicted octanol–water partition coefficient (Wildman–Crippen LogP) is 2.93. The Bertz CT molecular complexity index is 754. The average molecular weight is 402 g/mol. The Hall–Kier alpha value is -2.57. The van der Waals surface area contributed by atoms with Crippen LogP contribution in [0.25, 0.3) is 0 Å². The Balaban J connectivity index is 1.58. The zero-order valence-electron chi connectivity index (χ0n) is 17.6. The molecule has 4 amide bonds. The maximum atomic E-state index is 13.0. The number of imide groups is 1. The van der Waals surface area contributed by atoms with E-state index < -0.39 is 11.6 Å². The molecule has 0 bridgehead atoms. The van der Waals surface area contributed by atoms with Crippen LogP contribution in [0.2, 0.25) is 0 Å². The first-order chi connectivity index (χ1) is 13.9. The lowest BCUT2D eigenvalue weighted by atomic mass is 9.75. The van der Waals surface area contributed by atoms with Gasteiger partial charge in [-0.2, -0.15) is 0 Å². The smallest absolute Gasteiger partial charge is 0.325 e. The number of nitrogens with zero attached hydrogens (tertiary/aromatic N) is 2. The van der Waals surface area contributed by atoms with Gasteiger partial charge in [-0.3, -0.25) is 14.5 Å². The van der Waals surface area contributed by atoms with E-state index in [0.29, 0.717) is 31.9 Å². The van der Waals surface area contributed by atoms with Crippen molar-refractivity contribution in [2.75, 3.05) is 20.2 Å². The second kappa shape index (κ2) is 8.84. The summed E-state index contributed by atoms with van der Waals surface area (Å²) in [4.78, 5) is 40.7. The van der Waals surface area contributed by atoms with Crippen molar-refractivity contribution in [1.29, 1.82) is 0 Å². The lowest BCUT2D eigenvalue weighted by molar-refractivity contribution is -0.139. The van der Waals surface area contributed by atoms with Gasteiger partial charge in [0.05, 0.1) is 6.61 Å². The van der Waals surface area contributed by atoms with Gasteiger partial charge in [0, 0.05) is 13.6 Å². The Morgan fingerprint density at radius 3 is 2.45 bits per heavy atom. The number of nitrogens with one attached hydrogen (secondary N) is 1. The first-order valence-corrected chi connectivity index (χ1v) is 10.5. The third-order valence-electron chi connectivity index (χ3n) is 6.16. The van der Waals surface area contributed by atoms with Crippen LogP contribution in [0.5, 0.6) is 5.75 Å². The first kappa shape index (κ1) is 21.1. The number of likely N-dealkylation sites (N-methyl/N-ethyl adjacent to an activating group) is 1. The van der Waals surface area contributed by atoms with Crippen molar-refractivity contribution in [3.8, 4) is 5.75 Å². The van der Waals surface area contributed by atoms with Crippen LogP contribution in [0.3, 0.4) is 0 Å². The lowest BCUT2D eigenvalue weighted by Gasteiger charge is -2.34. The summed E-state index contributed by atoms with van der Waals surface area (Å²) in [5.41, 5.74) is 0.146. The Labute approximate surface area is 172 Å². The molecule has 158 valence electrons. The highest BCUT2D eigenvalue weighted by Gasteiger charge is 2.52. The molecule has 7 nitrogen and oxygen atoms in total. The monoisotopic (exact) mass is 401 g/mol. The zero-order valence-corrected chi connectivity index (χ0v) is 17.6. The fourth-order valence-electron chi connectivity index (χ4n) is 4.21. The van der Waals surface area contributed by atoms with Crippen molar-refractivity contribution in [3.63, 3.8) is 0 Å². The number of hydrogen-bond donors (Lipinski definition) is 1. The molecule has 1 aromatic carbocycles. The number of ether oxygens (including phenoxy) is 1. The molecule has 1 aliphatic carbocycles. The molecule has 1 heterocycles. The third-order valence-corrected chi connectivity index (χ3v) is 6.16. The molecular weight excluding hydrogens is 370 g/mol. The van der Waals surface area contributed by atoms with Crippen molar-refractivity contribution in [2.24, 2.45) is 5.92 Å². The molecule has 2 fully saturated rings. The van der Waals surface area contributed by atoms with Gasteiger partial charge in [-0.1, -0.05) is 25.5 Å². The molecule has 0 radical (unpaired) electrons. The van der Waals surface area contributed by atoms with Crippen LogP contribution < -0.4 is 10.1 Å². The van der Waals surface area contributed by atoms with Crippen LogP contribution in [0.4, 0.5) is 4.79 Å². The molecule has 1 aliphatic heterocycles. The summed E-state index contributed by atoms with van der Waals surface area (Å²) in [6.07, 6.45) is 4.27. The number of carbonyl (C=O) groups is 3. The first-order valence-electron chi connectivity index (χ1n) is 10.5. The van der Waals surface area contributed by atoms with Gasteiger partial charge in [-0.05, 0) is 56.2 Å². The van der Waals surface area contributed by atoms with E-state index in [-0.39, 0.29) is 18.4 Å². The standard InChI is InChI=1S/C22H31N3O4/c1-4-16-10-12-22(13-11-16)20(27)25(21(28)23-22)15-19(26)24(3)14-17-6-8-18(9-7-17)29-5-2/h6-9,16H,4-5,10-15H2,1-3H3,(H,23,28). The third kappa shape index (κ3) is 4.54. The predicted molar refractivity (Wildman–Crippen MR) is 109 cm³/mol. The minimum atomic E-state index is -0.809. The fourth-order valence-corrected chi connectivity index (χ4v) is 4.21. The molecule has 3 rings (SSSR count). The van der Waals surface area contributed by atoms with Crippen molar-refractivity contribution >= 4 is 17.8 Å². The molecule has 0 unspecified atom stereocenters. The maximum absolute atomic E-state index is 13.0. The van der Waals surface area contributed by atoms with Gasteiger partial charge in [0.1, 0.15) is 17.8 Å². The van der Waals surface area contributed by atoms with Gasteiger partial charge >= 0.3 is 6.03 Å². The van der Waals surface area contributed by atoms with Crippen LogP contribution >= 0.6 is 0 Å². The second-order valence-electron chi connectivity index (χ2n) is 8.08. The van der Waals surface area contributed by atoms with E-state index in [1.54, 1.807) is 7.05 Å². The second-order valence-corrected chi connectivity index (χ2v) is 8.08. The van der Waals surface area contributed by atoms with Crippen molar-refractivity contribution in [1.82, 2.24) is 15.1 Å². The van der Waals surface area contributed by atoms with E-state index in [1.807, 2.05) is 31.2 Å². The summed E-state index contributed by atoms with van der Waals surface area (Å²) in [6, 6.07) is 7.09. The van der Waals surface area contributed by atoms with Crippen LogP contribution in [0.15, 0.2) is 24.3 Å². The van der Waals surface area contributed by atoms with E-state index >= 15 is 0 Å². The Kier molecular flexibility index (Phi) is 6.45. The maximum Gasteiger partial charge on any atom is 0.325 e. The van der Waals surface area contributed by atoms with Crippen LogP contribution in [0.1, 0.15) is 51.5 Å². The molecule has 2 aliphatic rings. The number of hydrogen-bond acceptors (Lipinski definition) is 4. The average Bonchev–Trinajstić information content (AvgIpc) is 2.94. The van der Waals surface area contributed by atoms with Crippen molar-refractivity contribution < 1.29 is 19.1 Å². The summed E-state index contributed by atoms with van der Waals surface area (Å²) < 4.78 is 5.42.